The summed E-state index contributed by atoms with van der Waals surface area (Å²) in [7, 11) is 1.46. The van der Waals surface area contributed by atoms with Crippen molar-refractivity contribution in [1.29, 1.82) is 5.26 Å². The Hall–Kier alpha value is -2.54. The largest absolute Gasteiger partial charge is 0.507 e. The number of halogens is 1. The second-order valence-corrected chi connectivity index (χ2v) is 3.69. The van der Waals surface area contributed by atoms with E-state index in [4.69, 9.17) is 10.00 Å². The lowest BCUT2D eigenvalue weighted by Gasteiger charge is -2.07. The lowest BCUT2D eigenvalue weighted by atomic mass is 10.0. The van der Waals surface area contributed by atoms with Crippen molar-refractivity contribution in [3.8, 4) is 28.7 Å². The van der Waals surface area contributed by atoms with Crippen LogP contribution >= 0.6 is 0 Å². The molecule has 0 atom stereocenters. The Labute approximate surface area is 104 Å². The van der Waals surface area contributed by atoms with Gasteiger partial charge in [0.2, 0.25) is 0 Å². The molecule has 0 fully saturated rings. The Balaban J connectivity index is 2.49. The molecule has 2 aromatic rings. The topological polar surface area (TPSA) is 53.2 Å². The predicted octanol–water partition coefficient (Wildman–Crippen LogP) is 3.08. The summed E-state index contributed by atoms with van der Waals surface area (Å²) in [5.41, 5.74) is 1.01. The van der Waals surface area contributed by atoms with Crippen LogP contribution in [0.15, 0.2) is 36.4 Å². The summed E-state index contributed by atoms with van der Waals surface area (Å²) in [4.78, 5) is 0. The Kier molecular flexibility index (Phi) is 3.16. The van der Waals surface area contributed by atoms with Crippen molar-refractivity contribution in [3.05, 3.63) is 47.8 Å². The number of aromatic hydroxyl groups is 1. The van der Waals surface area contributed by atoms with Crippen molar-refractivity contribution in [2.45, 2.75) is 0 Å². The van der Waals surface area contributed by atoms with Gasteiger partial charge in [-0.2, -0.15) is 5.26 Å². The minimum atomic E-state index is -0.446. The summed E-state index contributed by atoms with van der Waals surface area (Å²) in [5.74, 6) is -0.183. The third kappa shape index (κ3) is 2.11. The first-order valence-corrected chi connectivity index (χ1v) is 5.22. The van der Waals surface area contributed by atoms with Crippen LogP contribution in [0.3, 0.4) is 0 Å². The molecule has 0 heterocycles. The van der Waals surface area contributed by atoms with E-state index in [1.807, 2.05) is 6.07 Å². The van der Waals surface area contributed by atoms with Gasteiger partial charge in [0.05, 0.1) is 12.7 Å². The molecule has 0 unspecified atom stereocenters. The normalized spacial score (nSPS) is 9.83. The molecule has 0 bridgehead atoms. The number of ether oxygens (including phenoxy) is 1. The van der Waals surface area contributed by atoms with Gasteiger partial charge in [-0.05, 0) is 29.8 Å². The van der Waals surface area contributed by atoms with Gasteiger partial charge in [0.15, 0.2) is 0 Å². The Morgan fingerprint density at radius 1 is 1.22 bits per heavy atom. The quantitative estimate of drug-likeness (QED) is 0.881. The first kappa shape index (κ1) is 11.9. The number of phenolic OH excluding ortho intramolecular Hbond substituents is 1. The third-order valence-corrected chi connectivity index (χ3v) is 2.61. The predicted molar refractivity (Wildman–Crippen MR) is 64.8 cm³/mol. The number of hydrogen-bond acceptors (Lipinski definition) is 3. The zero-order chi connectivity index (χ0) is 13.1. The summed E-state index contributed by atoms with van der Waals surface area (Å²) < 4.78 is 18.7. The molecule has 3 nitrogen and oxygen atoms in total. The maximum Gasteiger partial charge on any atom is 0.134 e. The second-order valence-electron chi connectivity index (χ2n) is 3.69. The molecule has 90 valence electrons. The highest BCUT2D eigenvalue weighted by Gasteiger charge is 2.09. The fraction of sp³-hybridized carbons (Fsp3) is 0.0714. The van der Waals surface area contributed by atoms with Crippen LogP contribution in [-0.2, 0) is 0 Å². The molecular weight excluding hydrogens is 233 g/mol. The van der Waals surface area contributed by atoms with E-state index in [1.165, 1.54) is 25.3 Å². The second kappa shape index (κ2) is 4.76. The van der Waals surface area contributed by atoms with Crippen LogP contribution in [0.2, 0.25) is 0 Å². The molecule has 2 aromatic carbocycles. The van der Waals surface area contributed by atoms with Crippen molar-refractivity contribution < 1.29 is 14.2 Å². The number of rotatable bonds is 2. The number of nitriles is 1. The van der Waals surface area contributed by atoms with Crippen LogP contribution in [-0.4, -0.2) is 12.2 Å². The zero-order valence-electron chi connectivity index (χ0n) is 9.64. The Morgan fingerprint density at radius 3 is 2.56 bits per heavy atom. The van der Waals surface area contributed by atoms with Gasteiger partial charge in [-0.3, -0.25) is 0 Å². The van der Waals surface area contributed by atoms with Gasteiger partial charge in [-0.1, -0.05) is 6.07 Å². The fourth-order valence-corrected chi connectivity index (χ4v) is 1.65. The van der Waals surface area contributed by atoms with Crippen molar-refractivity contribution in [2.75, 3.05) is 7.11 Å². The molecule has 0 saturated heterocycles. The van der Waals surface area contributed by atoms with Crippen LogP contribution in [0, 0.1) is 17.1 Å². The molecule has 0 saturated carbocycles. The molecule has 0 aliphatic rings. The van der Waals surface area contributed by atoms with E-state index in [1.54, 1.807) is 18.2 Å². The van der Waals surface area contributed by atoms with Crippen molar-refractivity contribution in [3.63, 3.8) is 0 Å². The Bertz CT molecular complexity index is 632. The van der Waals surface area contributed by atoms with Crippen LogP contribution in [0.1, 0.15) is 5.56 Å². The van der Waals surface area contributed by atoms with E-state index in [9.17, 15) is 9.50 Å². The van der Waals surface area contributed by atoms with Gasteiger partial charge in [0, 0.05) is 11.6 Å². The number of hydrogen-bond donors (Lipinski definition) is 1. The highest BCUT2D eigenvalue weighted by atomic mass is 19.1. The van der Waals surface area contributed by atoms with Crippen molar-refractivity contribution in [2.24, 2.45) is 0 Å². The van der Waals surface area contributed by atoms with Crippen LogP contribution in [0.4, 0.5) is 4.39 Å². The number of benzene rings is 2. The summed E-state index contributed by atoms with van der Waals surface area (Å²) in [5, 5.41) is 18.3. The monoisotopic (exact) mass is 243 g/mol. The highest BCUT2D eigenvalue weighted by Crippen LogP contribution is 2.29. The standard InChI is InChI=1S/C14H10FNO2/c1-18-11-4-5-12(13(15)7-11)9-2-3-10(8-16)14(17)6-9/h2-7,17H,1H3. The first-order valence-electron chi connectivity index (χ1n) is 5.22. The van der Waals surface area contributed by atoms with Gasteiger partial charge in [0.1, 0.15) is 23.4 Å². The van der Waals surface area contributed by atoms with Gasteiger partial charge in [0.25, 0.3) is 0 Å². The van der Waals surface area contributed by atoms with Crippen LogP contribution in [0.25, 0.3) is 11.1 Å². The number of methoxy groups -OCH3 is 1. The molecule has 0 radical (unpaired) electrons. The average molecular weight is 243 g/mol. The summed E-state index contributed by atoms with van der Waals surface area (Å²) in [6.07, 6.45) is 0. The van der Waals surface area contributed by atoms with Crippen molar-refractivity contribution >= 4 is 0 Å². The number of phenols is 1. The molecule has 0 aliphatic heterocycles. The minimum absolute atomic E-state index is 0.160. The summed E-state index contributed by atoms with van der Waals surface area (Å²) in [6, 6.07) is 10.7. The van der Waals surface area contributed by atoms with Crippen molar-refractivity contribution in [1.82, 2.24) is 0 Å². The van der Waals surface area contributed by atoms with Crippen LogP contribution in [0.5, 0.6) is 11.5 Å². The molecule has 0 amide bonds. The zero-order valence-corrected chi connectivity index (χ0v) is 9.64. The molecule has 0 spiro atoms. The smallest absolute Gasteiger partial charge is 0.134 e. The molecule has 18 heavy (non-hydrogen) atoms. The minimum Gasteiger partial charge on any atom is -0.507 e. The molecule has 4 heteroatoms. The Morgan fingerprint density at radius 2 is 2.00 bits per heavy atom. The first-order chi connectivity index (χ1) is 8.65. The lowest BCUT2D eigenvalue weighted by Crippen LogP contribution is -1.88. The summed E-state index contributed by atoms with van der Waals surface area (Å²) in [6.45, 7) is 0. The van der Waals surface area contributed by atoms with E-state index < -0.39 is 5.82 Å². The molecule has 1 N–H and O–H groups in total. The fourth-order valence-electron chi connectivity index (χ4n) is 1.65. The molecule has 0 aliphatic carbocycles. The third-order valence-electron chi connectivity index (χ3n) is 2.61. The van der Waals surface area contributed by atoms with Gasteiger partial charge < -0.3 is 9.84 Å². The maximum atomic E-state index is 13.8. The van der Waals surface area contributed by atoms with E-state index in [0.29, 0.717) is 16.9 Å². The molecule has 0 aromatic heterocycles. The lowest BCUT2D eigenvalue weighted by molar-refractivity contribution is 0.411. The molecule has 2 rings (SSSR count). The SMILES string of the molecule is COc1ccc(-c2ccc(C#N)c(O)c2)c(F)c1. The molecular formula is C14H10FNO2. The van der Waals surface area contributed by atoms with E-state index in [0.717, 1.165) is 0 Å². The maximum absolute atomic E-state index is 13.8. The average Bonchev–Trinajstić information content (AvgIpc) is 2.38. The van der Waals surface area contributed by atoms with Crippen LogP contribution < -0.4 is 4.74 Å². The summed E-state index contributed by atoms with van der Waals surface area (Å²) >= 11 is 0. The van der Waals surface area contributed by atoms with Gasteiger partial charge in [-0.25, -0.2) is 4.39 Å². The highest BCUT2D eigenvalue weighted by molar-refractivity contribution is 5.68. The van der Waals surface area contributed by atoms with E-state index >= 15 is 0 Å². The van der Waals surface area contributed by atoms with Gasteiger partial charge in [-0.15, -0.1) is 0 Å². The van der Waals surface area contributed by atoms with E-state index in [2.05, 4.69) is 0 Å². The number of nitrogens with zero attached hydrogens (tertiary/aromatic N) is 1. The van der Waals surface area contributed by atoms with E-state index in [-0.39, 0.29) is 11.3 Å². The van der Waals surface area contributed by atoms with Gasteiger partial charge >= 0.3 is 0 Å².